The fourth-order valence-electron chi connectivity index (χ4n) is 3.21. The van der Waals surface area contributed by atoms with E-state index in [2.05, 4.69) is 29.4 Å². The molecular formula is C17H26Cl2N4O. The number of urea groups is 1. The summed E-state index contributed by atoms with van der Waals surface area (Å²) in [6, 6.07) is 5.69. The maximum Gasteiger partial charge on any atom is 0.319 e. The molecule has 1 aromatic rings. The Morgan fingerprint density at radius 2 is 2.00 bits per heavy atom. The highest BCUT2D eigenvalue weighted by Crippen LogP contribution is 2.29. The van der Waals surface area contributed by atoms with Crippen LogP contribution in [0.5, 0.6) is 0 Å². The van der Waals surface area contributed by atoms with Crippen molar-refractivity contribution in [3.05, 3.63) is 28.2 Å². The number of halogens is 2. The standard InChI is InChI=1S/C17H26Cl2N4O/c1-11-5-3-6-12(2)23(11)10-13(9-20)21-17(24)22-15-8-4-7-14(18)16(15)19/h4,7-8,11-13H,3,5-6,9-10,20H2,1-2H3,(H2,21,22,24)/t11-,12+,13-/m1/s1. The zero-order chi connectivity index (χ0) is 17.7. The second-order valence-electron chi connectivity index (χ2n) is 6.46. The molecule has 3 atom stereocenters. The van der Waals surface area contributed by atoms with Gasteiger partial charge in [0.25, 0.3) is 0 Å². The van der Waals surface area contributed by atoms with Gasteiger partial charge < -0.3 is 16.4 Å². The van der Waals surface area contributed by atoms with Crippen LogP contribution in [0.3, 0.4) is 0 Å². The smallest absolute Gasteiger partial charge is 0.319 e. The van der Waals surface area contributed by atoms with Gasteiger partial charge >= 0.3 is 6.03 Å². The third kappa shape index (κ3) is 4.99. The van der Waals surface area contributed by atoms with Crippen molar-refractivity contribution in [3.63, 3.8) is 0 Å². The van der Waals surface area contributed by atoms with Crippen LogP contribution in [-0.2, 0) is 0 Å². The Bertz CT molecular complexity index is 560. The molecule has 0 bridgehead atoms. The van der Waals surface area contributed by atoms with Crippen molar-refractivity contribution < 1.29 is 4.79 Å². The molecule has 24 heavy (non-hydrogen) atoms. The van der Waals surface area contributed by atoms with Crippen molar-refractivity contribution in [2.24, 2.45) is 5.73 Å². The van der Waals surface area contributed by atoms with Gasteiger partial charge in [0.2, 0.25) is 0 Å². The summed E-state index contributed by atoms with van der Waals surface area (Å²) in [6.45, 7) is 5.59. The molecule has 134 valence electrons. The third-order valence-electron chi connectivity index (χ3n) is 4.63. The van der Waals surface area contributed by atoms with Crippen LogP contribution in [0.25, 0.3) is 0 Å². The zero-order valence-electron chi connectivity index (χ0n) is 14.2. The summed E-state index contributed by atoms with van der Waals surface area (Å²) in [5.41, 5.74) is 6.34. The number of carbonyl (C=O) groups excluding carboxylic acids is 1. The molecule has 5 nitrogen and oxygen atoms in total. The summed E-state index contributed by atoms with van der Waals surface area (Å²) in [6.07, 6.45) is 3.63. The lowest BCUT2D eigenvalue weighted by Crippen LogP contribution is -2.54. The molecule has 1 aliphatic rings. The summed E-state index contributed by atoms with van der Waals surface area (Å²) >= 11 is 12.1. The number of piperidine rings is 1. The first-order valence-electron chi connectivity index (χ1n) is 8.39. The fourth-order valence-corrected chi connectivity index (χ4v) is 3.56. The average Bonchev–Trinajstić information content (AvgIpc) is 2.54. The number of carbonyl (C=O) groups is 1. The molecule has 0 aromatic heterocycles. The van der Waals surface area contributed by atoms with Gasteiger partial charge in [-0.2, -0.15) is 0 Å². The molecule has 0 saturated carbocycles. The Morgan fingerprint density at radius 3 is 2.62 bits per heavy atom. The molecule has 1 aliphatic heterocycles. The third-order valence-corrected chi connectivity index (χ3v) is 5.45. The summed E-state index contributed by atoms with van der Waals surface area (Å²) < 4.78 is 0. The topological polar surface area (TPSA) is 70.4 Å². The van der Waals surface area contributed by atoms with Gasteiger partial charge in [-0.05, 0) is 38.8 Å². The maximum absolute atomic E-state index is 12.3. The van der Waals surface area contributed by atoms with Crippen molar-refractivity contribution in [3.8, 4) is 0 Å². The van der Waals surface area contributed by atoms with Crippen LogP contribution in [0.1, 0.15) is 33.1 Å². The predicted molar refractivity (Wildman–Crippen MR) is 101 cm³/mol. The van der Waals surface area contributed by atoms with Gasteiger partial charge in [-0.15, -0.1) is 0 Å². The van der Waals surface area contributed by atoms with E-state index in [0.29, 0.717) is 34.4 Å². The number of nitrogens with zero attached hydrogens (tertiary/aromatic N) is 1. The Hall–Kier alpha value is -1.01. The number of amides is 2. The van der Waals surface area contributed by atoms with E-state index < -0.39 is 0 Å². The van der Waals surface area contributed by atoms with Gasteiger partial charge in [-0.1, -0.05) is 35.7 Å². The molecule has 2 amide bonds. The minimum atomic E-state index is -0.327. The quantitative estimate of drug-likeness (QED) is 0.737. The van der Waals surface area contributed by atoms with Crippen LogP contribution in [0.15, 0.2) is 18.2 Å². The normalized spacial score (nSPS) is 22.9. The second-order valence-corrected chi connectivity index (χ2v) is 7.24. The van der Waals surface area contributed by atoms with Crippen molar-refractivity contribution >= 4 is 34.9 Å². The number of likely N-dealkylation sites (tertiary alicyclic amines) is 1. The predicted octanol–water partition coefficient (Wildman–Crippen LogP) is 3.71. The number of hydrogen-bond acceptors (Lipinski definition) is 3. The average molecular weight is 373 g/mol. The minimum absolute atomic E-state index is 0.119. The molecule has 2 rings (SSSR count). The van der Waals surface area contributed by atoms with Gasteiger partial charge in [0, 0.05) is 25.2 Å². The maximum atomic E-state index is 12.3. The number of anilines is 1. The Morgan fingerprint density at radius 1 is 1.33 bits per heavy atom. The molecule has 0 aliphatic carbocycles. The monoisotopic (exact) mass is 372 g/mol. The van der Waals surface area contributed by atoms with Crippen LogP contribution < -0.4 is 16.4 Å². The number of nitrogens with one attached hydrogen (secondary N) is 2. The number of benzene rings is 1. The highest BCUT2D eigenvalue weighted by Gasteiger charge is 2.27. The van der Waals surface area contributed by atoms with Crippen LogP contribution >= 0.6 is 23.2 Å². The molecule has 0 unspecified atom stereocenters. The van der Waals surface area contributed by atoms with E-state index in [1.165, 1.54) is 19.3 Å². The lowest BCUT2D eigenvalue weighted by molar-refractivity contribution is 0.0933. The zero-order valence-corrected chi connectivity index (χ0v) is 15.7. The summed E-state index contributed by atoms with van der Waals surface area (Å²) in [7, 11) is 0. The van der Waals surface area contributed by atoms with Gasteiger partial charge in [0.05, 0.1) is 21.8 Å². The van der Waals surface area contributed by atoms with Crippen molar-refractivity contribution in [1.82, 2.24) is 10.2 Å². The summed E-state index contributed by atoms with van der Waals surface area (Å²) in [5, 5.41) is 6.40. The second kappa shape index (κ2) is 8.90. The first kappa shape index (κ1) is 19.3. The number of nitrogens with two attached hydrogens (primary N) is 1. The van der Waals surface area contributed by atoms with Crippen molar-refractivity contribution in [1.29, 1.82) is 0 Å². The van der Waals surface area contributed by atoms with Crippen molar-refractivity contribution in [2.45, 2.75) is 51.2 Å². The summed E-state index contributed by atoms with van der Waals surface area (Å²) in [4.78, 5) is 14.7. The van der Waals surface area contributed by atoms with Crippen LogP contribution in [0, 0.1) is 0 Å². The van der Waals surface area contributed by atoms with Gasteiger partial charge in [0.15, 0.2) is 0 Å². The van der Waals surface area contributed by atoms with Gasteiger partial charge in [0.1, 0.15) is 0 Å². The Kier molecular flexibility index (Phi) is 7.16. The fraction of sp³-hybridized carbons (Fsp3) is 0.588. The van der Waals surface area contributed by atoms with E-state index in [0.717, 1.165) is 6.54 Å². The van der Waals surface area contributed by atoms with Gasteiger partial charge in [-0.3, -0.25) is 4.90 Å². The largest absolute Gasteiger partial charge is 0.333 e. The lowest BCUT2D eigenvalue weighted by atomic mass is 9.97. The minimum Gasteiger partial charge on any atom is -0.333 e. The lowest BCUT2D eigenvalue weighted by Gasteiger charge is -2.40. The van der Waals surface area contributed by atoms with Crippen molar-refractivity contribution in [2.75, 3.05) is 18.4 Å². The summed E-state index contributed by atoms with van der Waals surface area (Å²) in [5.74, 6) is 0. The first-order chi connectivity index (χ1) is 11.4. The number of hydrogen-bond donors (Lipinski definition) is 3. The molecule has 1 saturated heterocycles. The van der Waals surface area contributed by atoms with E-state index in [-0.39, 0.29) is 12.1 Å². The van der Waals surface area contributed by atoms with E-state index in [4.69, 9.17) is 28.9 Å². The van der Waals surface area contributed by atoms with E-state index in [1.807, 2.05) is 0 Å². The van der Waals surface area contributed by atoms with Crippen LogP contribution in [0.2, 0.25) is 10.0 Å². The molecule has 4 N–H and O–H groups in total. The molecule has 0 radical (unpaired) electrons. The van der Waals surface area contributed by atoms with E-state index in [9.17, 15) is 4.79 Å². The molecular weight excluding hydrogens is 347 g/mol. The molecule has 1 aromatic carbocycles. The van der Waals surface area contributed by atoms with E-state index in [1.54, 1.807) is 18.2 Å². The SMILES string of the molecule is C[C@@H]1CCC[C@H](C)N1C[C@@H](CN)NC(=O)Nc1cccc(Cl)c1Cl. The molecule has 1 heterocycles. The molecule has 7 heteroatoms. The molecule has 0 spiro atoms. The van der Waals surface area contributed by atoms with Crippen LogP contribution in [-0.4, -0.2) is 42.1 Å². The number of rotatable bonds is 5. The highest BCUT2D eigenvalue weighted by molar-refractivity contribution is 6.43. The first-order valence-corrected chi connectivity index (χ1v) is 9.15. The Labute approximate surface area is 153 Å². The van der Waals surface area contributed by atoms with E-state index >= 15 is 0 Å². The molecule has 1 fully saturated rings. The van der Waals surface area contributed by atoms with Crippen LogP contribution in [0.4, 0.5) is 10.5 Å². The van der Waals surface area contributed by atoms with Gasteiger partial charge in [-0.25, -0.2) is 4.79 Å². The highest BCUT2D eigenvalue weighted by atomic mass is 35.5. The Balaban J connectivity index is 1.94.